The first-order valence-corrected chi connectivity index (χ1v) is 8.68. The van der Waals surface area contributed by atoms with Crippen molar-refractivity contribution in [3.05, 3.63) is 28.2 Å². The zero-order chi connectivity index (χ0) is 15.2. The first-order valence-electron chi connectivity index (χ1n) is 7.36. The molecule has 0 amide bonds. The Morgan fingerprint density at radius 1 is 1.43 bits per heavy atom. The van der Waals surface area contributed by atoms with E-state index in [1.165, 1.54) is 19.3 Å². The van der Waals surface area contributed by atoms with E-state index in [2.05, 4.69) is 39.3 Å². The predicted octanol–water partition coefficient (Wildman–Crippen LogP) is 5.82. The Morgan fingerprint density at radius 2 is 2.19 bits per heavy atom. The van der Waals surface area contributed by atoms with Crippen molar-refractivity contribution in [1.82, 2.24) is 9.55 Å². The summed E-state index contributed by atoms with van der Waals surface area (Å²) in [4.78, 5) is 4.61. The van der Waals surface area contributed by atoms with Gasteiger partial charge in [-0.15, -0.1) is 11.6 Å². The summed E-state index contributed by atoms with van der Waals surface area (Å²) in [5.41, 5.74) is 1.84. The standard InChI is InChI=1S/C16H19BrClFN2/c1-16(2)6-4-3-5-14(16)21-13-8-11(19)10(17)7-12(13)20-15(21)9-18/h7-8,14H,3-6,9H2,1-2H3. The van der Waals surface area contributed by atoms with Crippen LogP contribution in [0, 0.1) is 11.2 Å². The van der Waals surface area contributed by atoms with E-state index >= 15 is 0 Å². The number of fused-ring (bicyclic) bond motifs is 1. The van der Waals surface area contributed by atoms with Gasteiger partial charge in [0.25, 0.3) is 0 Å². The minimum atomic E-state index is -0.251. The molecule has 0 aliphatic heterocycles. The highest BCUT2D eigenvalue weighted by molar-refractivity contribution is 9.10. The molecule has 0 bridgehead atoms. The fourth-order valence-corrected chi connectivity index (χ4v) is 4.06. The number of nitrogens with zero attached hydrogens (tertiary/aromatic N) is 2. The van der Waals surface area contributed by atoms with Crippen molar-refractivity contribution < 1.29 is 4.39 Å². The van der Waals surface area contributed by atoms with Gasteiger partial charge in [0.2, 0.25) is 0 Å². The van der Waals surface area contributed by atoms with E-state index in [9.17, 15) is 4.39 Å². The van der Waals surface area contributed by atoms with Crippen LogP contribution in [0.4, 0.5) is 4.39 Å². The highest BCUT2D eigenvalue weighted by atomic mass is 79.9. The summed E-state index contributed by atoms with van der Waals surface area (Å²) in [7, 11) is 0. The summed E-state index contributed by atoms with van der Waals surface area (Å²) in [6, 6.07) is 3.64. The van der Waals surface area contributed by atoms with Gasteiger partial charge in [0, 0.05) is 12.1 Å². The molecule has 1 aromatic heterocycles. The SMILES string of the molecule is CC1(C)CCCCC1n1c(CCl)nc2cc(Br)c(F)cc21. The molecule has 0 saturated heterocycles. The fraction of sp³-hybridized carbons (Fsp3) is 0.562. The van der Waals surface area contributed by atoms with Gasteiger partial charge < -0.3 is 4.57 Å². The van der Waals surface area contributed by atoms with Gasteiger partial charge in [0.05, 0.1) is 21.4 Å². The van der Waals surface area contributed by atoms with Crippen LogP contribution < -0.4 is 0 Å². The van der Waals surface area contributed by atoms with Crippen molar-refractivity contribution in [2.75, 3.05) is 0 Å². The number of hydrogen-bond donors (Lipinski definition) is 0. The molecule has 0 radical (unpaired) electrons. The summed E-state index contributed by atoms with van der Waals surface area (Å²) < 4.78 is 16.6. The van der Waals surface area contributed by atoms with Crippen LogP contribution in [0.1, 0.15) is 51.4 Å². The summed E-state index contributed by atoms with van der Waals surface area (Å²) in [5, 5.41) is 0. The van der Waals surface area contributed by atoms with E-state index in [1.807, 2.05) is 0 Å². The van der Waals surface area contributed by atoms with E-state index in [0.29, 0.717) is 16.4 Å². The van der Waals surface area contributed by atoms with E-state index in [1.54, 1.807) is 12.1 Å². The van der Waals surface area contributed by atoms with Crippen molar-refractivity contribution in [1.29, 1.82) is 0 Å². The minimum Gasteiger partial charge on any atom is -0.323 e. The summed E-state index contributed by atoms with van der Waals surface area (Å²) in [6.07, 6.45) is 4.73. The monoisotopic (exact) mass is 372 g/mol. The van der Waals surface area contributed by atoms with Crippen LogP contribution in [-0.4, -0.2) is 9.55 Å². The Bertz CT molecular complexity index is 680. The molecule has 5 heteroatoms. The molecule has 2 nitrogen and oxygen atoms in total. The van der Waals surface area contributed by atoms with Gasteiger partial charge in [-0.1, -0.05) is 26.7 Å². The maximum atomic E-state index is 14.0. The maximum absolute atomic E-state index is 14.0. The van der Waals surface area contributed by atoms with Gasteiger partial charge in [-0.05, 0) is 40.3 Å². The molecular weight excluding hydrogens is 355 g/mol. The van der Waals surface area contributed by atoms with Crippen LogP contribution >= 0.6 is 27.5 Å². The lowest BCUT2D eigenvalue weighted by atomic mass is 9.73. The van der Waals surface area contributed by atoms with Crippen LogP contribution in [0.5, 0.6) is 0 Å². The third kappa shape index (κ3) is 2.61. The van der Waals surface area contributed by atoms with Crippen molar-refractivity contribution in [2.24, 2.45) is 5.41 Å². The van der Waals surface area contributed by atoms with Crippen LogP contribution in [0.2, 0.25) is 0 Å². The molecule has 21 heavy (non-hydrogen) atoms. The second kappa shape index (κ2) is 5.54. The molecule has 1 aromatic carbocycles. The smallest absolute Gasteiger partial charge is 0.139 e. The molecule has 1 atom stereocenters. The molecule has 3 rings (SSSR count). The third-order valence-electron chi connectivity index (χ3n) is 4.69. The Morgan fingerprint density at radius 3 is 2.86 bits per heavy atom. The normalized spacial score (nSPS) is 21.9. The lowest BCUT2D eigenvalue weighted by Gasteiger charge is -2.40. The Labute approximate surface area is 137 Å². The predicted molar refractivity (Wildman–Crippen MR) is 88.2 cm³/mol. The molecule has 1 saturated carbocycles. The van der Waals surface area contributed by atoms with Crippen molar-refractivity contribution in [3.63, 3.8) is 0 Å². The van der Waals surface area contributed by atoms with Gasteiger partial charge in [-0.3, -0.25) is 0 Å². The van der Waals surface area contributed by atoms with Gasteiger partial charge in [0.15, 0.2) is 0 Å². The number of halogens is 3. The van der Waals surface area contributed by atoms with Gasteiger partial charge >= 0.3 is 0 Å². The number of hydrogen-bond acceptors (Lipinski definition) is 1. The topological polar surface area (TPSA) is 17.8 Å². The lowest BCUT2D eigenvalue weighted by Crippen LogP contribution is -2.31. The molecule has 114 valence electrons. The summed E-state index contributed by atoms with van der Waals surface area (Å²) >= 11 is 9.34. The largest absolute Gasteiger partial charge is 0.323 e. The number of aromatic nitrogens is 2. The highest BCUT2D eigenvalue weighted by Crippen LogP contribution is 2.45. The molecule has 1 aliphatic rings. The number of benzene rings is 1. The zero-order valence-corrected chi connectivity index (χ0v) is 14.6. The van der Waals surface area contributed by atoms with Crippen molar-refractivity contribution in [3.8, 4) is 0 Å². The third-order valence-corrected chi connectivity index (χ3v) is 5.53. The fourth-order valence-electron chi connectivity index (χ4n) is 3.54. The molecule has 2 aromatic rings. The lowest BCUT2D eigenvalue weighted by molar-refractivity contribution is 0.145. The highest BCUT2D eigenvalue weighted by Gasteiger charge is 2.35. The zero-order valence-electron chi connectivity index (χ0n) is 12.3. The number of alkyl halides is 1. The number of imidazole rings is 1. The Hall–Kier alpha value is -0.610. The maximum Gasteiger partial charge on any atom is 0.139 e. The minimum absolute atomic E-state index is 0.177. The van der Waals surface area contributed by atoms with Crippen LogP contribution in [-0.2, 0) is 5.88 Å². The average molecular weight is 374 g/mol. The number of rotatable bonds is 2. The second-order valence-corrected chi connectivity index (χ2v) is 7.66. The van der Waals surface area contributed by atoms with Crippen LogP contribution in [0.3, 0.4) is 0 Å². The molecule has 1 unspecified atom stereocenters. The van der Waals surface area contributed by atoms with Crippen LogP contribution in [0.15, 0.2) is 16.6 Å². The molecule has 1 fully saturated rings. The van der Waals surface area contributed by atoms with Gasteiger partial charge in [0.1, 0.15) is 11.6 Å². The molecular formula is C16H19BrClFN2. The Kier molecular flexibility index (Phi) is 4.04. The molecule has 1 aliphatic carbocycles. The van der Waals surface area contributed by atoms with E-state index < -0.39 is 0 Å². The van der Waals surface area contributed by atoms with Gasteiger partial charge in [-0.2, -0.15) is 0 Å². The van der Waals surface area contributed by atoms with Crippen molar-refractivity contribution >= 4 is 38.6 Å². The summed E-state index contributed by atoms with van der Waals surface area (Å²) in [6.45, 7) is 4.58. The average Bonchev–Trinajstić information content (AvgIpc) is 2.76. The van der Waals surface area contributed by atoms with E-state index in [0.717, 1.165) is 23.3 Å². The molecule has 1 heterocycles. The quantitative estimate of drug-likeness (QED) is 0.607. The Balaban J connectivity index is 2.22. The van der Waals surface area contributed by atoms with E-state index in [-0.39, 0.29) is 11.2 Å². The van der Waals surface area contributed by atoms with E-state index in [4.69, 9.17) is 11.6 Å². The second-order valence-electron chi connectivity index (χ2n) is 6.54. The van der Waals surface area contributed by atoms with Gasteiger partial charge in [-0.25, -0.2) is 9.37 Å². The molecule has 0 spiro atoms. The first-order chi connectivity index (χ1) is 9.94. The first kappa shape index (κ1) is 15.3. The van der Waals surface area contributed by atoms with Crippen molar-refractivity contribution in [2.45, 2.75) is 51.5 Å². The molecule has 0 N–H and O–H groups in total. The summed E-state index contributed by atoms with van der Waals surface area (Å²) in [5.74, 6) is 0.933. The van der Waals surface area contributed by atoms with Crippen LogP contribution in [0.25, 0.3) is 11.0 Å².